The van der Waals surface area contributed by atoms with Gasteiger partial charge < -0.3 is 5.32 Å². The molecule has 1 N–H and O–H groups in total. The molecular weight excluding hydrogens is 380 g/mol. The van der Waals surface area contributed by atoms with Crippen LogP contribution in [0.2, 0.25) is 0 Å². The minimum absolute atomic E-state index is 0.112. The van der Waals surface area contributed by atoms with Gasteiger partial charge >= 0.3 is 0 Å². The average Bonchev–Trinajstić information content (AvgIpc) is 3.18. The molecule has 0 unspecified atom stereocenters. The van der Waals surface area contributed by atoms with Gasteiger partial charge in [-0.05, 0) is 32.9 Å². The van der Waals surface area contributed by atoms with Crippen molar-refractivity contribution >= 4 is 39.2 Å². The maximum Gasteiger partial charge on any atom is 0.267 e. The standard InChI is InChI=1S/C19H16N4O2S2/c1-10-7-16(24)23-15(9-26-19(23)20-10)13-5-4-6-14(8-13)22-18(25)17-11(2)21-12(3)27-17/h4-9H,1-3H3,(H,22,25). The van der Waals surface area contributed by atoms with Crippen LogP contribution in [0.4, 0.5) is 5.69 Å². The lowest BCUT2D eigenvalue weighted by Crippen LogP contribution is -2.14. The van der Waals surface area contributed by atoms with Crippen molar-refractivity contribution in [2.45, 2.75) is 20.8 Å². The van der Waals surface area contributed by atoms with Gasteiger partial charge in [0, 0.05) is 28.4 Å². The van der Waals surface area contributed by atoms with Gasteiger partial charge in [0.25, 0.3) is 11.5 Å². The number of anilines is 1. The Labute approximate surface area is 163 Å². The van der Waals surface area contributed by atoms with E-state index in [0.717, 1.165) is 22.0 Å². The van der Waals surface area contributed by atoms with E-state index in [0.29, 0.717) is 21.2 Å². The smallest absolute Gasteiger partial charge is 0.267 e. The average molecular weight is 396 g/mol. The second-order valence-corrected chi connectivity index (χ2v) is 8.20. The molecule has 4 aromatic rings. The first kappa shape index (κ1) is 17.6. The first-order chi connectivity index (χ1) is 12.9. The minimum Gasteiger partial charge on any atom is -0.321 e. The molecule has 8 heteroatoms. The quantitative estimate of drug-likeness (QED) is 0.567. The molecule has 4 rings (SSSR count). The highest BCUT2D eigenvalue weighted by Crippen LogP contribution is 2.27. The predicted octanol–water partition coefficient (Wildman–Crippen LogP) is 4.06. The summed E-state index contributed by atoms with van der Waals surface area (Å²) < 4.78 is 1.59. The van der Waals surface area contributed by atoms with E-state index in [2.05, 4.69) is 15.3 Å². The third-order valence-electron chi connectivity index (χ3n) is 4.06. The zero-order valence-corrected chi connectivity index (χ0v) is 16.6. The molecule has 0 saturated heterocycles. The van der Waals surface area contributed by atoms with Crippen LogP contribution in [0, 0.1) is 20.8 Å². The number of carbonyl (C=O) groups is 1. The Bertz CT molecular complexity index is 1240. The lowest BCUT2D eigenvalue weighted by Gasteiger charge is -2.07. The van der Waals surface area contributed by atoms with Crippen LogP contribution in [-0.2, 0) is 0 Å². The second kappa shape index (κ2) is 6.71. The Morgan fingerprint density at radius 2 is 1.96 bits per heavy atom. The molecule has 3 aromatic heterocycles. The number of hydrogen-bond acceptors (Lipinski definition) is 6. The van der Waals surface area contributed by atoms with E-state index >= 15 is 0 Å². The van der Waals surface area contributed by atoms with E-state index in [9.17, 15) is 9.59 Å². The molecule has 0 spiro atoms. The summed E-state index contributed by atoms with van der Waals surface area (Å²) in [4.78, 5) is 34.9. The highest BCUT2D eigenvalue weighted by Gasteiger charge is 2.15. The number of aromatic nitrogens is 3. The molecule has 0 saturated carbocycles. The number of aryl methyl sites for hydroxylation is 3. The summed E-state index contributed by atoms with van der Waals surface area (Å²) in [5.41, 5.74) is 3.57. The molecule has 136 valence electrons. The van der Waals surface area contributed by atoms with Crippen LogP contribution in [0.15, 0.2) is 40.5 Å². The topological polar surface area (TPSA) is 76.4 Å². The van der Waals surface area contributed by atoms with Crippen molar-refractivity contribution in [3.05, 3.63) is 67.3 Å². The number of nitrogens with zero attached hydrogens (tertiary/aromatic N) is 3. The first-order valence-corrected chi connectivity index (χ1v) is 9.96. The number of fused-ring (bicyclic) bond motifs is 1. The molecule has 3 heterocycles. The van der Waals surface area contributed by atoms with E-state index in [1.807, 2.05) is 43.5 Å². The van der Waals surface area contributed by atoms with E-state index in [4.69, 9.17) is 0 Å². The normalized spacial score (nSPS) is 11.1. The summed E-state index contributed by atoms with van der Waals surface area (Å²) in [6.07, 6.45) is 0. The fraction of sp³-hybridized carbons (Fsp3) is 0.158. The molecule has 1 aromatic carbocycles. The Morgan fingerprint density at radius 3 is 2.70 bits per heavy atom. The van der Waals surface area contributed by atoms with Crippen molar-refractivity contribution < 1.29 is 4.79 Å². The van der Waals surface area contributed by atoms with Crippen LogP contribution in [0.3, 0.4) is 0 Å². The highest BCUT2D eigenvalue weighted by atomic mass is 32.1. The van der Waals surface area contributed by atoms with Crippen LogP contribution >= 0.6 is 22.7 Å². The molecule has 0 bridgehead atoms. The van der Waals surface area contributed by atoms with Gasteiger partial charge in [-0.2, -0.15) is 0 Å². The van der Waals surface area contributed by atoms with Gasteiger partial charge in [-0.25, -0.2) is 9.97 Å². The number of carbonyl (C=O) groups excluding carboxylic acids is 1. The van der Waals surface area contributed by atoms with Crippen molar-refractivity contribution in [1.29, 1.82) is 0 Å². The zero-order chi connectivity index (χ0) is 19.1. The van der Waals surface area contributed by atoms with Crippen LogP contribution in [0.5, 0.6) is 0 Å². The third-order valence-corrected chi connectivity index (χ3v) is 5.96. The summed E-state index contributed by atoms with van der Waals surface area (Å²) in [7, 11) is 0. The molecule has 0 fully saturated rings. The lowest BCUT2D eigenvalue weighted by atomic mass is 10.1. The molecule has 0 radical (unpaired) electrons. The fourth-order valence-corrected chi connectivity index (χ4v) is 4.68. The van der Waals surface area contributed by atoms with E-state index in [1.165, 1.54) is 28.7 Å². The summed E-state index contributed by atoms with van der Waals surface area (Å²) >= 11 is 2.79. The number of amides is 1. The number of nitrogens with one attached hydrogen (secondary N) is 1. The van der Waals surface area contributed by atoms with Crippen molar-refractivity contribution in [3.8, 4) is 11.3 Å². The number of rotatable bonds is 3. The highest BCUT2D eigenvalue weighted by molar-refractivity contribution is 7.15. The summed E-state index contributed by atoms with van der Waals surface area (Å²) in [6, 6.07) is 8.96. The maximum absolute atomic E-state index is 12.5. The van der Waals surface area contributed by atoms with Gasteiger partial charge in [0.1, 0.15) is 4.88 Å². The Hall–Kier alpha value is -2.84. The molecule has 1 amide bonds. The van der Waals surface area contributed by atoms with Crippen LogP contribution in [0.25, 0.3) is 16.2 Å². The Kier molecular flexibility index (Phi) is 4.37. The largest absolute Gasteiger partial charge is 0.321 e. The molecule has 0 aliphatic heterocycles. The summed E-state index contributed by atoms with van der Waals surface area (Å²) in [5, 5.41) is 5.68. The number of hydrogen-bond donors (Lipinski definition) is 1. The van der Waals surface area contributed by atoms with Crippen LogP contribution in [-0.4, -0.2) is 20.3 Å². The Morgan fingerprint density at radius 1 is 1.15 bits per heavy atom. The maximum atomic E-state index is 12.5. The van der Waals surface area contributed by atoms with Crippen molar-refractivity contribution in [3.63, 3.8) is 0 Å². The van der Waals surface area contributed by atoms with Gasteiger partial charge in [0.15, 0.2) is 4.96 Å². The van der Waals surface area contributed by atoms with Gasteiger partial charge in [-0.15, -0.1) is 22.7 Å². The van der Waals surface area contributed by atoms with Crippen molar-refractivity contribution in [2.75, 3.05) is 5.32 Å². The number of benzene rings is 1. The third kappa shape index (κ3) is 3.29. The first-order valence-electron chi connectivity index (χ1n) is 8.26. The Balaban J connectivity index is 1.70. The van der Waals surface area contributed by atoms with E-state index < -0.39 is 0 Å². The SMILES string of the molecule is Cc1cc(=O)n2c(-c3cccc(NC(=O)c4sc(C)nc4C)c3)csc2n1. The lowest BCUT2D eigenvalue weighted by molar-refractivity contribution is 0.103. The van der Waals surface area contributed by atoms with Crippen molar-refractivity contribution in [1.82, 2.24) is 14.4 Å². The van der Waals surface area contributed by atoms with E-state index in [-0.39, 0.29) is 11.5 Å². The second-order valence-electron chi connectivity index (χ2n) is 6.16. The zero-order valence-electron chi connectivity index (χ0n) is 14.9. The molecule has 0 aliphatic rings. The summed E-state index contributed by atoms with van der Waals surface area (Å²) in [5.74, 6) is -0.181. The van der Waals surface area contributed by atoms with Crippen molar-refractivity contribution in [2.24, 2.45) is 0 Å². The molecule has 6 nitrogen and oxygen atoms in total. The molecule has 0 atom stereocenters. The predicted molar refractivity (Wildman–Crippen MR) is 109 cm³/mol. The number of thiazole rings is 2. The van der Waals surface area contributed by atoms with E-state index in [1.54, 1.807) is 11.3 Å². The monoisotopic (exact) mass is 396 g/mol. The van der Waals surface area contributed by atoms with Gasteiger partial charge in [0.2, 0.25) is 0 Å². The minimum atomic E-state index is -0.181. The van der Waals surface area contributed by atoms with Gasteiger partial charge in [0.05, 0.1) is 16.4 Å². The molecular formula is C19H16N4O2S2. The van der Waals surface area contributed by atoms with Gasteiger partial charge in [-0.3, -0.25) is 14.0 Å². The molecule has 0 aliphatic carbocycles. The van der Waals surface area contributed by atoms with Crippen LogP contribution in [0.1, 0.15) is 26.1 Å². The van der Waals surface area contributed by atoms with Crippen LogP contribution < -0.4 is 10.9 Å². The summed E-state index contributed by atoms with van der Waals surface area (Å²) in [6.45, 7) is 5.51. The fourth-order valence-electron chi connectivity index (χ4n) is 2.92. The van der Waals surface area contributed by atoms with Gasteiger partial charge in [-0.1, -0.05) is 12.1 Å². The molecule has 27 heavy (non-hydrogen) atoms.